The van der Waals surface area contributed by atoms with Crippen LogP contribution in [0.5, 0.6) is 5.75 Å². The van der Waals surface area contributed by atoms with E-state index >= 15 is 0 Å². The number of amides is 1. The number of primary amides is 1. The third-order valence-electron chi connectivity index (χ3n) is 7.81. The Labute approximate surface area is 206 Å². The fraction of sp³-hybridized carbons (Fsp3) is 0.480. The lowest BCUT2D eigenvalue weighted by molar-refractivity contribution is -0.147. The van der Waals surface area contributed by atoms with Gasteiger partial charge in [-0.05, 0) is 44.4 Å². The fourth-order valence-electron chi connectivity index (χ4n) is 5.63. The Morgan fingerprint density at radius 3 is 2.56 bits per heavy atom. The summed E-state index contributed by atoms with van der Waals surface area (Å²) in [5.41, 5.74) is 3.10. The smallest absolute Gasteiger partial charge is 0.255 e. The molecule has 1 unspecified atom stereocenters. The monoisotopic (exact) mass is 503 g/mol. The molecular formula is C25H30FN3O7. The summed E-state index contributed by atoms with van der Waals surface area (Å²) in [6.45, 7) is 1.24. The zero-order chi connectivity index (χ0) is 26.7. The van der Waals surface area contributed by atoms with Crippen molar-refractivity contribution in [3.8, 4) is 5.75 Å². The number of anilines is 1. The van der Waals surface area contributed by atoms with Gasteiger partial charge in [0.05, 0.1) is 5.56 Å². The number of alkyl halides is 1. The Morgan fingerprint density at radius 1 is 1.31 bits per heavy atom. The standard InChI is InChI=1S/C25H30FN3O7/c1-10(8-26)29(3)9-12-6-15(28-2)14-5-11-4-13-7-16(30)19(24(27)35)23(34)25(13,36)22(33)17(11)21(32)18(14)20(12)31/h6,10-11,13,28,31-32,34,36H,4-5,7-9H2,1-3H3,(H2,27,35)/t10?,11-,13+,25+/m1/s1. The number of aliphatic hydroxyl groups excluding tert-OH is 2. The van der Waals surface area contributed by atoms with Crippen molar-refractivity contribution < 1.29 is 39.2 Å². The molecular weight excluding hydrogens is 473 g/mol. The molecule has 1 saturated carbocycles. The number of benzene rings is 1. The van der Waals surface area contributed by atoms with Gasteiger partial charge in [-0.1, -0.05) is 0 Å². The maximum atomic E-state index is 13.6. The van der Waals surface area contributed by atoms with Crippen LogP contribution in [0.15, 0.2) is 23.0 Å². The van der Waals surface area contributed by atoms with Gasteiger partial charge in [0.2, 0.25) is 5.78 Å². The highest BCUT2D eigenvalue weighted by Crippen LogP contribution is 2.53. The zero-order valence-corrected chi connectivity index (χ0v) is 20.3. The van der Waals surface area contributed by atoms with Gasteiger partial charge in [-0.2, -0.15) is 0 Å². The van der Waals surface area contributed by atoms with Crippen LogP contribution in [-0.2, 0) is 27.3 Å². The zero-order valence-electron chi connectivity index (χ0n) is 20.3. The van der Waals surface area contributed by atoms with E-state index in [9.17, 15) is 39.2 Å². The number of aliphatic hydroxyl groups is 3. The van der Waals surface area contributed by atoms with Crippen LogP contribution in [-0.4, -0.2) is 75.2 Å². The number of nitrogens with one attached hydrogen (secondary N) is 1. The number of hydrogen-bond acceptors (Lipinski definition) is 9. The maximum Gasteiger partial charge on any atom is 0.255 e. The van der Waals surface area contributed by atoms with E-state index < -0.39 is 64.7 Å². The molecule has 0 saturated heterocycles. The van der Waals surface area contributed by atoms with Crippen LogP contribution < -0.4 is 11.1 Å². The van der Waals surface area contributed by atoms with Crippen LogP contribution in [0.4, 0.5) is 10.1 Å². The molecule has 36 heavy (non-hydrogen) atoms. The van der Waals surface area contributed by atoms with Gasteiger partial charge in [0.1, 0.15) is 29.5 Å². The number of rotatable bonds is 6. The van der Waals surface area contributed by atoms with Gasteiger partial charge in [0, 0.05) is 48.8 Å². The maximum absolute atomic E-state index is 13.6. The Morgan fingerprint density at radius 2 is 1.97 bits per heavy atom. The first kappa shape index (κ1) is 25.6. The molecule has 3 aliphatic carbocycles. The minimum absolute atomic E-state index is 0.00489. The van der Waals surface area contributed by atoms with Gasteiger partial charge >= 0.3 is 0 Å². The van der Waals surface area contributed by atoms with Crippen LogP contribution in [0.25, 0.3) is 5.76 Å². The number of fused-ring (bicyclic) bond motifs is 3. The summed E-state index contributed by atoms with van der Waals surface area (Å²) in [6, 6.07) is 1.27. The highest BCUT2D eigenvalue weighted by atomic mass is 19.1. The van der Waals surface area contributed by atoms with Crippen molar-refractivity contribution in [3.63, 3.8) is 0 Å². The van der Waals surface area contributed by atoms with E-state index in [2.05, 4.69) is 5.32 Å². The Bertz CT molecular complexity index is 1240. The third kappa shape index (κ3) is 3.56. The molecule has 1 aromatic carbocycles. The molecule has 0 aromatic heterocycles. The van der Waals surface area contributed by atoms with Crippen LogP contribution in [0.2, 0.25) is 0 Å². The van der Waals surface area contributed by atoms with Crippen molar-refractivity contribution in [2.45, 2.75) is 44.4 Å². The van der Waals surface area contributed by atoms with E-state index in [1.165, 1.54) is 0 Å². The number of carbonyl (C=O) groups excluding carboxylic acids is 3. The largest absolute Gasteiger partial charge is 0.508 e. The van der Waals surface area contributed by atoms with Gasteiger partial charge in [-0.25, -0.2) is 4.39 Å². The number of aromatic hydroxyl groups is 1. The molecule has 11 heteroatoms. The number of carbonyl (C=O) groups is 3. The molecule has 0 bridgehead atoms. The number of ketones is 2. The van der Waals surface area contributed by atoms with Gasteiger partial charge in [-0.3, -0.25) is 19.3 Å². The molecule has 0 spiro atoms. The van der Waals surface area contributed by atoms with E-state index in [0.29, 0.717) is 16.8 Å². The van der Waals surface area contributed by atoms with Gasteiger partial charge in [0.15, 0.2) is 11.4 Å². The van der Waals surface area contributed by atoms with E-state index in [1.807, 2.05) is 0 Å². The van der Waals surface area contributed by atoms with Crippen molar-refractivity contribution in [2.75, 3.05) is 26.1 Å². The molecule has 0 radical (unpaired) electrons. The molecule has 0 aliphatic heterocycles. The minimum Gasteiger partial charge on any atom is -0.508 e. The Kier molecular flexibility index (Phi) is 6.34. The normalized spacial score (nSPS) is 26.5. The van der Waals surface area contributed by atoms with Crippen LogP contribution in [0.3, 0.4) is 0 Å². The van der Waals surface area contributed by atoms with E-state index in [0.717, 1.165) is 0 Å². The van der Waals surface area contributed by atoms with Crippen molar-refractivity contribution in [1.82, 2.24) is 4.90 Å². The van der Waals surface area contributed by atoms with Crippen LogP contribution in [0.1, 0.15) is 36.5 Å². The summed E-state index contributed by atoms with van der Waals surface area (Å²) < 4.78 is 13.2. The molecule has 7 N–H and O–H groups in total. The molecule has 4 atom stereocenters. The average Bonchev–Trinajstić information content (AvgIpc) is 2.82. The summed E-state index contributed by atoms with van der Waals surface area (Å²) in [5, 5.41) is 47.4. The fourth-order valence-corrected chi connectivity index (χ4v) is 5.63. The van der Waals surface area contributed by atoms with Crippen molar-refractivity contribution in [2.24, 2.45) is 17.6 Å². The van der Waals surface area contributed by atoms with E-state index in [1.54, 1.807) is 32.0 Å². The van der Waals surface area contributed by atoms with Gasteiger partial charge < -0.3 is 31.5 Å². The second-order valence-corrected chi connectivity index (χ2v) is 9.86. The predicted molar refractivity (Wildman–Crippen MR) is 128 cm³/mol. The number of halogens is 1. The topological polar surface area (TPSA) is 173 Å². The molecule has 194 valence electrons. The number of phenolic OH excluding ortho intramolecular Hbond substituents is 1. The molecule has 1 fully saturated rings. The Balaban J connectivity index is 1.88. The quantitative estimate of drug-likeness (QED) is 0.247. The first-order valence-corrected chi connectivity index (χ1v) is 11.7. The summed E-state index contributed by atoms with van der Waals surface area (Å²) in [7, 11) is 3.35. The first-order valence-electron chi connectivity index (χ1n) is 11.7. The van der Waals surface area contributed by atoms with Crippen molar-refractivity contribution >= 4 is 28.9 Å². The highest BCUT2D eigenvalue weighted by molar-refractivity contribution is 6.22. The van der Waals surface area contributed by atoms with E-state index in [-0.39, 0.29) is 42.7 Å². The predicted octanol–water partition coefficient (Wildman–Crippen LogP) is 1.26. The van der Waals surface area contributed by atoms with Crippen molar-refractivity contribution in [1.29, 1.82) is 0 Å². The number of hydrogen-bond donors (Lipinski definition) is 6. The molecule has 0 heterocycles. The molecule has 1 aromatic rings. The van der Waals surface area contributed by atoms with Gasteiger partial charge in [-0.15, -0.1) is 0 Å². The first-order chi connectivity index (χ1) is 16.9. The summed E-state index contributed by atoms with van der Waals surface area (Å²) >= 11 is 0. The number of Topliss-reactive ketones (excluding diaryl/α,β-unsaturated/α-hetero) is 2. The SMILES string of the molecule is CNc1cc(CN(C)C(C)CF)c(O)c2c1C[C@H]1C[C@H]3CC(=O)C(C(N)=O)=C(O)[C@@]3(O)C(=O)C1=C2O. The average molecular weight is 504 g/mol. The lowest BCUT2D eigenvalue weighted by Crippen LogP contribution is -2.58. The summed E-state index contributed by atoms with van der Waals surface area (Å²) in [4.78, 5) is 39.5. The van der Waals surface area contributed by atoms with Crippen LogP contribution >= 0.6 is 0 Å². The second-order valence-electron chi connectivity index (χ2n) is 9.86. The molecule has 3 aliphatic rings. The van der Waals surface area contributed by atoms with Gasteiger partial charge in [0.25, 0.3) is 5.91 Å². The third-order valence-corrected chi connectivity index (χ3v) is 7.81. The molecule has 1 amide bonds. The van der Waals surface area contributed by atoms with Crippen molar-refractivity contribution in [3.05, 3.63) is 39.7 Å². The second kappa shape index (κ2) is 8.90. The lowest BCUT2D eigenvalue weighted by atomic mass is 9.59. The van der Waals surface area contributed by atoms with Crippen LogP contribution in [0, 0.1) is 11.8 Å². The summed E-state index contributed by atoms with van der Waals surface area (Å²) in [5.74, 6) is -6.66. The summed E-state index contributed by atoms with van der Waals surface area (Å²) in [6.07, 6.45) is -0.107. The van der Waals surface area contributed by atoms with E-state index in [4.69, 9.17) is 5.73 Å². The minimum atomic E-state index is -2.61. The lowest BCUT2D eigenvalue weighted by Gasteiger charge is -2.46. The molecule has 4 rings (SSSR count). The number of nitrogens with two attached hydrogens (primary N) is 1. The number of nitrogens with zero attached hydrogens (tertiary/aromatic N) is 1. The molecule has 10 nitrogen and oxygen atoms in total. The highest BCUT2D eigenvalue weighted by Gasteiger charge is 2.60. The number of phenols is 1. The Hall–Kier alpha value is -3.44.